The van der Waals surface area contributed by atoms with Crippen LogP contribution in [0.2, 0.25) is 0 Å². The van der Waals surface area contributed by atoms with Gasteiger partial charge in [-0.05, 0) is 155 Å². The first-order chi connectivity index (χ1) is 35.7. The van der Waals surface area contributed by atoms with Gasteiger partial charge in [-0.3, -0.25) is 0 Å². The molecule has 2 aliphatic rings. The molecular formula is C70H50N2S. The molecular weight excluding hydrogens is 901 g/mol. The highest BCUT2D eigenvalue weighted by molar-refractivity contribution is 7.27. The van der Waals surface area contributed by atoms with Crippen LogP contribution in [0.15, 0.2) is 231 Å². The molecule has 0 saturated heterocycles. The van der Waals surface area contributed by atoms with Crippen LogP contribution >= 0.6 is 11.3 Å². The van der Waals surface area contributed by atoms with E-state index in [-0.39, 0.29) is 10.8 Å². The standard InChI is InChI=1S/C70H50N2S/c1-69(2)62-23-13-11-20-54(62)56-33-29-50(40-64(56)69)71(47-27-25-43-15-5-7-17-45(43)37-47)49-31-35-59-61(39-49)53-19-9-10-22-58(53)67-60-36-32-52(42-66(60)73-68(59)67)72(48-28-26-44-16-6-8-18-46(44)38-48)51-30-34-57-55-21-12-14-24-63(55)70(3,4)65(57)41-51/h5-42H,1-4H3. The van der Waals surface area contributed by atoms with Gasteiger partial charge >= 0.3 is 0 Å². The molecule has 0 unspecified atom stereocenters. The van der Waals surface area contributed by atoms with Crippen LogP contribution in [0.25, 0.3) is 85.5 Å². The molecule has 0 N–H and O–H groups in total. The Hall–Kier alpha value is -8.50. The number of hydrogen-bond acceptors (Lipinski definition) is 3. The van der Waals surface area contributed by atoms with E-state index >= 15 is 0 Å². The zero-order chi connectivity index (χ0) is 48.7. The molecule has 3 heteroatoms. The fourth-order valence-electron chi connectivity index (χ4n) is 12.9. The Labute approximate surface area is 429 Å². The molecule has 15 rings (SSSR count). The maximum absolute atomic E-state index is 2.47. The highest BCUT2D eigenvalue weighted by Gasteiger charge is 2.37. The van der Waals surface area contributed by atoms with Crippen molar-refractivity contribution in [3.8, 4) is 22.3 Å². The molecule has 2 aliphatic carbocycles. The number of rotatable bonds is 6. The van der Waals surface area contributed by atoms with Gasteiger partial charge in [0, 0.05) is 70.5 Å². The van der Waals surface area contributed by atoms with Gasteiger partial charge in [0.15, 0.2) is 0 Å². The van der Waals surface area contributed by atoms with Gasteiger partial charge in [0.25, 0.3) is 0 Å². The highest BCUT2D eigenvalue weighted by Crippen LogP contribution is 2.54. The summed E-state index contributed by atoms with van der Waals surface area (Å²) < 4.78 is 2.59. The average Bonchev–Trinajstić information content (AvgIpc) is 4.01. The first-order valence-electron chi connectivity index (χ1n) is 25.6. The number of fused-ring (bicyclic) bond motifs is 16. The zero-order valence-electron chi connectivity index (χ0n) is 41.2. The zero-order valence-corrected chi connectivity index (χ0v) is 42.1. The Kier molecular flexibility index (Phi) is 8.96. The molecule has 1 heterocycles. The summed E-state index contributed by atoms with van der Waals surface area (Å²) in [6, 6.07) is 86.7. The first-order valence-corrected chi connectivity index (χ1v) is 26.4. The summed E-state index contributed by atoms with van der Waals surface area (Å²) in [6.07, 6.45) is 0. The van der Waals surface area contributed by atoms with E-state index < -0.39 is 0 Å². The molecule has 0 saturated carbocycles. The Morgan fingerprint density at radius 2 is 0.699 bits per heavy atom. The minimum absolute atomic E-state index is 0.120. The van der Waals surface area contributed by atoms with E-state index in [1.54, 1.807) is 0 Å². The SMILES string of the molecule is CC1(C)c2ccccc2-c2ccc(N(c3ccc4ccccc4c3)c3ccc4c(c3)sc3c5ccc(N(c6ccc7c(c6)C(C)(C)c6ccccc6-7)c6ccc7ccccc7c6)cc5c5ccccc5c43)cc21. The van der Waals surface area contributed by atoms with E-state index in [2.05, 4.69) is 268 Å². The molecule has 346 valence electrons. The van der Waals surface area contributed by atoms with Gasteiger partial charge in [-0.2, -0.15) is 0 Å². The monoisotopic (exact) mass is 950 g/mol. The number of hydrogen-bond donors (Lipinski definition) is 0. The predicted octanol–water partition coefficient (Wildman–Crippen LogP) is 20.2. The van der Waals surface area contributed by atoms with Gasteiger partial charge < -0.3 is 9.80 Å². The van der Waals surface area contributed by atoms with Crippen molar-refractivity contribution in [2.45, 2.75) is 38.5 Å². The first kappa shape index (κ1) is 42.2. The smallest absolute Gasteiger partial charge is 0.0476 e. The summed E-state index contributed by atoms with van der Waals surface area (Å²) in [4.78, 5) is 4.94. The Morgan fingerprint density at radius 3 is 1.27 bits per heavy atom. The molecule has 0 radical (unpaired) electrons. The van der Waals surface area contributed by atoms with Gasteiger partial charge in [0.2, 0.25) is 0 Å². The molecule has 0 atom stereocenters. The van der Waals surface area contributed by atoms with E-state index in [1.807, 2.05) is 11.3 Å². The van der Waals surface area contributed by atoms with Crippen molar-refractivity contribution in [3.05, 3.63) is 253 Å². The molecule has 0 bridgehead atoms. The lowest BCUT2D eigenvalue weighted by atomic mass is 9.82. The lowest BCUT2D eigenvalue weighted by molar-refractivity contribution is 0.660. The summed E-state index contributed by atoms with van der Waals surface area (Å²) in [7, 11) is 0. The predicted molar refractivity (Wildman–Crippen MR) is 314 cm³/mol. The summed E-state index contributed by atoms with van der Waals surface area (Å²) in [6.45, 7) is 9.49. The minimum Gasteiger partial charge on any atom is -0.310 e. The fourth-order valence-corrected chi connectivity index (χ4v) is 14.2. The third kappa shape index (κ3) is 6.22. The summed E-state index contributed by atoms with van der Waals surface area (Å²) in [5, 5.41) is 12.6. The normalized spacial score (nSPS) is 14.0. The van der Waals surface area contributed by atoms with Crippen molar-refractivity contribution in [1.29, 1.82) is 0 Å². The minimum atomic E-state index is -0.125. The molecule has 0 aliphatic heterocycles. The van der Waals surface area contributed by atoms with E-state index in [9.17, 15) is 0 Å². The van der Waals surface area contributed by atoms with E-state index in [0.29, 0.717) is 0 Å². The third-order valence-electron chi connectivity index (χ3n) is 16.6. The maximum atomic E-state index is 2.47. The molecule has 0 spiro atoms. The number of nitrogens with zero attached hydrogens (tertiary/aromatic N) is 2. The quantitative estimate of drug-likeness (QED) is 0.153. The van der Waals surface area contributed by atoms with Gasteiger partial charge in [-0.25, -0.2) is 0 Å². The molecule has 0 amide bonds. The third-order valence-corrected chi connectivity index (χ3v) is 17.7. The topological polar surface area (TPSA) is 6.48 Å². The van der Waals surface area contributed by atoms with E-state index in [0.717, 1.165) is 34.1 Å². The maximum Gasteiger partial charge on any atom is 0.0476 e. The van der Waals surface area contributed by atoms with Gasteiger partial charge in [-0.15, -0.1) is 11.3 Å². The van der Waals surface area contributed by atoms with Gasteiger partial charge in [-0.1, -0.05) is 185 Å². The molecule has 1 aromatic heterocycles. The summed E-state index contributed by atoms with van der Waals surface area (Å²) >= 11 is 1.92. The van der Waals surface area contributed by atoms with Crippen LogP contribution in [0, 0.1) is 0 Å². The van der Waals surface area contributed by atoms with Crippen LogP contribution in [-0.2, 0) is 10.8 Å². The fraction of sp³-hybridized carbons (Fsp3) is 0.0857. The van der Waals surface area contributed by atoms with Crippen LogP contribution in [0.5, 0.6) is 0 Å². The Bertz CT molecular complexity index is 4480. The lowest BCUT2D eigenvalue weighted by Gasteiger charge is -2.28. The molecule has 2 nitrogen and oxygen atoms in total. The second-order valence-corrected chi connectivity index (χ2v) is 22.3. The van der Waals surface area contributed by atoms with Crippen LogP contribution < -0.4 is 9.80 Å². The Balaban J connectivity index is 0.914. The van der Waals surface area contributed by atoms with Crippen molar-refractivity contribution < 1.29 is 0 Å². The van der Waals surface area contributed by atoms with Crippen molar-refractivity contribution in [2.75, 3.05) is 9.80 Å². The number of thiophene rings is 1. The summed E-state index contributed by atoms with van der Waals surface area (Å²) in [5.41, 5.74) is 17.4. The van der Waals surface area contributed by atoms with Gasteiger partial charge in [0.1, 0.15) is 0 Å². The van der Waals surface area contributed by atoms with Crippen molar-refractivity contribution >= 4 is 109 Å². The van der Waals surface area contributed by atoms with Crippen molar-refractivity contribution in [2.24, 2.45) is 0 Å². The molecule has 13 aromatic rings. The number of anilines is 6. The molecule has 0 fully saturated rings. The lowest BCUT2D eigenvalue weighted by Crippen LogP contribution is -2.16. The van der Waals surface area contributed by atoms with E-state index in [1.165, 1.54) is 108 Å². The van der Waals surface area contributed by atoms with Crippen LogP contribution in [0.4, 0.5) is 34.1 Å². The van der Waals surface area contributed by atoms with Crippen LogP contribution in [0.1, 0.15) is 49.9 Å². The van der Waals surface area contributed by atoms with E-state index in [4.69, 9.17) is 0 Å². The van der Waals surface area contributed by atoms with Crippen LogP contribution in [-0.4, -0.2) is 0 Å². The second-order valence-electron chi connectivity index (χ2n) is 21.3. The van der Waals surface area contributed by atoms with Crippen LogP contribution in [0.3, 0.4) is 0 Å². The highest BCUT2D eigenvalue weighted by atomic mass is 32.1. The second kappa shape index (κ2) is 15.5. The molecule has 12 aromatic carbocycles. The number of benzene rings is 12. The largest absolute Gasteiger partial charge is 0.310 e. The Morgan fingerprint density at radius 1 is 0.288 bits per heavy atom. The van der Waals surface area contributed by atoms with Crippen molar-refractivity contribution in [1.82, 2.24) is 0 Å². The average molecular weight is 951 g/mol. The molecule has 73 heavy (non-hydrogen) atoms. The van der Waals surface area contributed by atoms with Gasteiger partial charge in [0.05, 0.1) is 0 Å². The summed E-state index contributed by atoms with van der Waals surface area (Å²) in [5.74, 6) is 0. The van der Waals surface area contributed by atoms with Crippen molar-refractivity contribution in [3.63, 3.8) is 0 Å².